The standard InChI is InChI=1S/C20H18N4O3S2/c21-11-15-9-13(5-6-16(15)22)12-24-8-7-17(20(24)25)23-29(26,27)19-10-14-3-1-2-4-18(14)28-19/h1-6,9-10,17,23H,7-8,12,22H2/t17-/m0/s1. The predicted octanol–water partition coefficient (Wildman–Crippen LogP) is 2.43. The lowest BCUT2D eigenvalue weighted by Gasteiger charge is -2.17. The zero-order valence-corrected chi connectivity index (χ0v) is 17.0. The summed E-state index contributed by atoms with van der Waals surface area (Å²) in [5, 5.41) is 9.96. The number of anilines is 1. The molecular formula is C20H18N4O3S2. The number of sulfonamides is 1. The van der Waals surface area contributed by atoms with Crippen LogP contribution in [0.2, 0.25) is 0 Å². The number of carbonyl (C=O) groups excluding carboxylic acids is 1. The molecular weight excluding hydrogens is 408 g/mol. The number of carbonyl (C=O) groups is 1. The van der Waals surface area contributed by atoms with Crippen LogP contribution in [-0.4, -0.2) is 31.8 Å². The normalized spacial score (nSPS) is 17.0. The number of fused-ring (bicyclic) bond motifs is 1. The van der Waals surface area contributed by atoms with Gasteiger partial charge in [0.1, 0.15) is 16.3 Å². The van der Waals surface area contributed by atoms with Crippen molar-refractivity contribution in [2.45, 2.75) is 23.2 Å². The molecule has 7 nitrogen and oxygen atoms in total. The van der Waals surface area contributed by atoms with E-state index < -0.39 is 16.1 Å². The minimum Gasteiger partial charge on any atom is -0.398 e. The van der Waals surface area contributed by atoms with Gasteiger partial charge in [0.05, 0.1) is 5.56 Å². The first-order valence-corrected chi connectivity index (χ1v) is 11.3. The molecule has 1 atom stereocenters. The summed E-state index contributed by atoms with van der Waals surface area (Å²) < 4.78 is 29.2. The van der Waals surface area contributed by atoms with Crippen molar-refractivity contribution in [3.8, 4) is 6.07 Å². The molecule has 9 heteroatoms. The van der Waals surface area contributed by atoms with Gasteiger partial charge < -0.3 is 10.6 Å². The fraction of sp³-hybridized carbons (Fsp3) is 0.200. The third-order valence-electron chi connectivity index (χ3n) is 4.87. The molecule has 0 saturated carbocycles. The maximum absolute atomic E-state index is 12.8. The van der Waals surface area contributed by atoms with E-state index in [-0.39, 0.29) is 10.1 Å². The first-order valence-electron chi connectivity index (χ1n) is 8.95. The zero-order valence-electron chi connectivity index (χ0n) is 15.3. The van der Waals surface area contributed by atoms with Gasteiger partial charge in [0, 0.05) is 23.5 Å². The van der Waals surface area contributed by atoms with E-state index in [0.717, 1.165) is 15.6 Å². The average molecular weight is 427 g/mol. The van der Waals surface area contributed by atoms with E-state index in [0.29, 0.717) is 30.8 Å². The second kappa shape index (κ2) is 7.48. The molecule has 4 rings (SSSR count). The molecule has 148 valence electrons. The maximum atomic E-state index is 12.8. The van der Waals surface area contributed by atoms with E-state index >= 15 is 0 Å². The van der Waals surface area contributed by atoms with E-state index in [9.17, 15) is 13.2 Å². The molecule has 1 aliphatic rings. The SMILES string of the molecule is N#Cc1cc(CN2CC[C@H](NS(=O)(=O)c3cc4ccccc4s3)C2=O)ccc1N. The van der Waals surface area contributed by atoms with E-state index in [4.69, 9.17) is 11.0 Å². The van der Waals surface area contributed by atoms with Crippen LogP contribution in [-0.2, 0) is 21.4 Å². The van der Waals surface area contributed by atoms with Crippen molar-refractivity contribution in [3.05, 3.63) is 59.7 Å². The largest absolute Gasteiger partial charge is 0.398 e. The number of hydrogen-bond acceptors (Lipinski definition) is 6. The number of likely N-dealkylation sites (tertiary alicyclic amines) is 1. The van der Waals surface area contributed by atoms with Gasteiger partial charge >= 0.3 is 0 Å². The number of nitrogens with one attached hydrogen (secondary N) is 1. The van der Waals surface area contributed by atoms with Crippen LogP contribution in [0.4, 0.5) is 5.69 Å². The Morgan fingerprint density at radius 2 is 2.03 bits per heavy atom. The third kappa shape index (κ3) is 3.82. The second-order valence-corrected chi connectivity index (χ2v) is 9.88. The number of rotatable bonds is 5. The van der Waals surface area contributed by atoms with Gasteiger partial charge in [-0.2, -0.15) is 9.98 Å². The molecule has 1 amide bonds. The van der Waals surface area contributed by atoms with Gasteiger partial charge in [-0.1, -0.05) is 24.3 Å². The molecule has 29 heavy (non-hydrogen) atoms. The Balaban J connectivity index is 1.48. The van der Waals surface area contributed by atoms with Crippen LogP contribution in [0.15, 0.2) is 52.7 Å². The molecule has 2 aromatic carbocycles. The number of benzene rings is 2. The van der Waals surface area contributed by atoms with Gasteiger partial charge in [0.15, 0.2) is 0 Å². The van der Waals surface area contributed by atoms with E-state index in [1.165, 1.54) is 11.3 Å². The monoisotopic (exact) mass is 426 g/mol. The number of nitriles is 1. The van der Waals surface area contributed by atoms with Crippen molar-refractivity contribution < 1.29 is 13.2 Å². The lowest BCUT2D eigenvalue weighted by molar-refractivity contribution is -0.129. The molecule has 1 saturated heterocycles. The minimum absolute atomic E-state index is 0.196. The number of amides is 1. The number of hydrogen-bond donors (Lipinski definition) is 2. The summed E-state index contributed by atoms with van der Waals surface area (Å²) in [4.78, 5) is 14.3. The Morgan fingerprint density at radius 1 is 1.24 bits per heavy atom. The van der Waals surface area contributed by atoms with E-state index in [1.54, 1.807) is 29.2 Å². The topological polar surface area (TPSA) is 116 Å². The van der Waals surface area contributed by atoms with Gasteiger partial charge in [-0.25, -0.2) is 8.42 Å². The minimum atomic E-state index is -3.79. The number of nitrogen functional groups attached to an aromatic ring is 1. The fourth-order valence-corrected chi connectivity index (χ4v) is 6.00. The van der Waals surface area contributed by atoms with Gasteiger partial charge in [-0.05, 0) is 41.6 Å². The van der Waals surface area contributed by atoms with Gasteiger partial charge in [0.2, 0.25) is 5.91 Å². The smallest absolute Gasteiger partial charge is 0.250 e. The highest BCUT2D eigenvalue weighted by Gasteiger charge is 2.35. The molecule has 3 aromatic rings. The van der Waals surface area contributed by atoms with Gasteiger partial charge in [-0.15, -0.1) is 11.3 Å². The fourth-order valence-electron chi connectivity index (χ4n) is 3.36. The molecule has 3 N–H and O–H groups in total. The highest BCUT2D eigenvalue weighted by molar-refractivity contribution is 7.91. The van der Waals surface area contributed by atoms with Crippen LogP contribution in [0.25, 0.3) is 10.1 Å². The second-order valence-electron chi connectivity index (χ2n) is 6.86. The molecule has 1 aromatic heterocycles. The van der Waals surface area contributed by atoms with E-state index in [2.05, 4.69) is 4.72 Å². The Labute approximate surface area is 172 Å². The van der Waals surface area contributed by atoms with Gasteiger partial charge in [-0.3, -0.25) is 4.79 Å². The summed E-state index contributed by atoms with van der Waals surface area (Å²) in [6.07, 6.45) is 0.392. The molecule has 0 unspecified atom stereocenters. The predicted molar refractivity (Wildman–Crippen MR) is 112 cm³/mol. The highest BCUT2D eigenvalue weighted by atomic mass is 32.2. The number of nitrogens with two attached hydrogens (primary N) is 1. The molecule has 1 aliphatic heterocycles. The Kier molecular flexibility index (Phi) is 5.00. The lowest BCUT2D eigenvalue weighted by atomic mass is 10.1. The zero-order chi connectivity index (χ0) is 20.6. The van der Waals surface area contributed by atoms with Crippen molar-refractivity contribution in [1.82, 2.24) is 9.62 Å². The molecule has 0 bridgehead atoms. The van der Waals surface area contributed by atoms with Crippen LogP contribution in [0.1, 0.15) is 17.5 Å². The molecule has 0 aliphatic carbocycles. The van der Waals surface area contributed by atoms with E-state index in [1.807, 2.05) is 30.3 Å². The summed E-state index contributed by atoms with van der Waals surface area (Å²) in [5.74, 6) is -0.273. The van der Waals surface area contributed by atoms with Gasteiger partial charge in [0.25, 0.3) is 10.0 Å². The number of thiophene rings is 1. The Bertz CT molecular complexity index is 1210. The lowest BCUT2D eigenvalue weighted by Crippen LogP contribution is -2.41. The first-order chi connectivity index (χ1) is 13.9. The summed E-state index contributed by atoms with van der Waals surface area (Å²) >= 11 is 1.18. The molecule has 0 radical (unpaired) electrons. The molecule has 0 spiro atoms. The van der Waals surface area contributed by atoms with Crippen molar-refractivity contribution in [3.63, 3.8) is 0 Å². The van der Waals surface area contributed by atoms with Crippen molar-refractivity contribution >= 4 is 43.0 Å². The summed E-state index contributed by atoms with van der Waals surface area (Å²) in [5.41, 5.74) is 7.25. The third-order valence-corrected chi connectivity index (χ3v) is 7.94. The first kappa shape index (κ1) is 19.4. The average Bonchev–Trinajstić information content (AvgIpc) is 3.28. The van der Waals surface area contributed by atoms with Crippen molar-refractivity contribution in [2.75, 3.05) is 12.3 Å². The Morgan fingerprint density at radius 3 is 2.79 bits per heavy atom. The molecule has 2 heterocycles. The van der Waals surface area contributed by atoms with Crippen molar-refractivity contribution in [1.29, 1.82) is 5.26 Å². The number of nitrogens with zero attached hydrogens (tertiary/aromatic N) is 2. The van der Waals surface area contributed by atoms with Crippen LogP contribution in [0.3, 0.4) is 0 Å². The Hall–Kier alpha value is -2.93. The molecule has 1 fully saturated rings. The quantitative estimate of drug-likeness (QED) is 0.608. The summed E-state index contributed by atoms with van der Waals surface area (Å²) in [6, 6.07) is 15.3. The van der Waals surface area contributed by atoms with Crippen LogP contribution < -0.4 is 10.5 Å². The van der Waals surface area contributed by atoms with Crippen LogP contribution >= 0.6 is 11.3 Å². The maximum Gasteiger partial charge on any atom is 0.250 e. The summed E-state index contributed by atoms with van der Waals surface area (Å²) in [6.45, 7) is 0.736. The van der Waals surface area contributed by atoms with Crippen molar-refractivity contribution in [2.24, 2.45) is 0 Å². The summed E-state index contributed by atoms with van der Waals surface area (Å²) in [7, 11) is -3.79. The van der Waals surface area contributed by atoms with Crippen LogP contribution in [0, 0.1) is 11.3 Å². The highest BCUT2D eigenvalue weighted by Crippen LogP contribution is 2.29. The van der Waals surface area contributed by atoms with Crippen LogP contribution in [0.5, 0.6) is 0 Å².